The minimum absolute atomic E-state index is 0.0876. The summed E-state index contributed by atoms with van der Waals surface area (Å²) in [7, 11) is 1.49. The molecular formula is C23H22ClN3O5. The molecule has 5 rings (SSSR count). The molecule has 2 aromatic carbocycles. The number of amides is 3. The molecule has 0 aromatic heterocycles. The molecule has 0 radical (unpaired) electrons. The molecule has 2 saturated heterocycles. The van der Waals surface area contributed by atoms with Gasteiger partial charge in [-0.1, -0.05) is 41.9 Å². The lowest BCUT2D eigenvalue weighted by Gasteiger charge is -2.30. The first kappa shape index (κ1) is 21.1. The summed E-state index contributed by atoms with van der Waals surface area (Å²) in [5.74, 6) is -3.17. The lowest BCUT2D eigenvalue weighted by Crippen LogP contribution is -2.54. The van der Waals surface area contributed by atoms with E-state index in [4.69, 9.17) is 16.3 Å². The predicted molar refractivity (Wildman–Crippen MR) is 116 cm³/mol. The number of hydrogen-bond acceptors (Lipinski definition) is 6. The van der Waals surface area contributed by atoms with Gasteiger partial charge >= 0.3 is 0 Å². The molecule has 0 saturated carbocycles. The van der Waals surface area contributed by atoms with Crippen molar-refractivity contribution in [1.82, 2.24) is 10.2 Å². The van der Waals surface area contributed by atoms with Gasteiger partial charge in [-0.15, -0.1) is 0 Å². The maximum absolute atomic E-state index is 13.5. The first-order chi connectivity index (χ1) is 15.4. The molecule has 8 nitrogen and oxygen atoms in total. The molecule has 166 valence electrons. The van der Waals surface area contributed by atoms with E-state index >= 15 is 0 Å². The molecule has 3 N–H and O–H groups in total. The number of nitrogens with zero attached hydrogens (tertiary/aromatic N) is 1. The van der Waals surface area contributed by atoms with E-state index in [1.165, 1.54) is 7.11 Å². The van der Waals surface area contributed by atoms with Gasteiger partial charge in [0.2, 0.25) is 17.7 Å². The highest BCUT2D eigenvalue weighted by Crippen LogP contribution is 2.54. The van der Waals surface area contributed by atoms with Crippen LogP contribution in [0.2, 0.25) is 5.02 Å². The lowest BCUT2D eigenvalue weighted by atomic mass is 9.76. The van der Waals surface area contributed by atoms with Crippen LogP contribution in [-0.4, -0.2) is 54.0 Å². The zero-order valence-corrected chi connectivity index (χ0v) is 18.0. The second-order valence-corrected chi connectivity index (χ2v) is 8.74. The summed E-state index contributed by atoms with van der Waals surface area (Å²) in [6, 6.07) is 12.9. The number of carbonyl (C=O) groups excluding carboxylic acids is 3. The Hall–Kier alpha value is -2.78. The molecule has 2 aromatic rings. The molecule has 3 aliphatic heterocycles. The van der Waals surface area contributed by atoms with Crippen LogP contribution < -0.4 is 10.6 Å². The summed E-state index contributed by atoms with van der Waals surface area (Å²) >= 11 is 5.98. The number of halogens is 1. The van der Waals surface area contributed by atoms with E-state index < -0.39 is 47.2 Å². The van der Waals surface area contributed by atoms with Crippen molar-refractivity contribution < 1.29 is 24.2 Å². The number of aliphatic hydroxyl groups excluding tert-OH is 1. The second-order valence-electron chi connectivity index (χ2n) is 8.30. The van der Waals surface area contributed by atoms with Crippen molar-refractivity contribution in [2.75, 3.05) is 25.6 Å². The first-order valence-corrected chi connectivity index (χ1v) is 10.7. The molecule has 5 atom stereocenters. The second kappa shape index (κ2) is 7.67. The van der Waals surface area contributed by atoms with E-state index in [1.807, 2.05) is 0 Å². The zero-order chi connectivity index (χ0) is 22.6. The Labute approximate surface area is 189 Å². The standard InChI is InChI=1S/C23H22ClN3O5/c1-32-11-10-27-20(29)16-17(21(27)30)23(14-4-2-3-5-15(14)25-22(23)31)26-18(16)19(28)12-6-8-13(24)9-7-12/h2-9,16-19,26,28H,10-11H2,1H3,(H,25,31)/t16-,17-,18+,19+,23+/m0/s1. The van der Waals surface area contributed by atoms with Crippen LogP contribution in [0.15, 0.2) is 48.5 Å². The molecule has 3 aliphatic rings. The van der Waals surface area contributed by atoms with Gasteiger partial charge in [0.1, 0.15) is 5.54 Å². The predicted octanol–water partition coefficient (Wildman–Crippen LogP) is 1.44. The van der Waals surface area contributed by atoms with Crippen LogP contribution in [0.1, 0.15) is 17.2 Å². The van der Waals surface area contributed by atoms with E-state index in [2.05, 4.69) is 10.6 Å². The number of fused-ring (bicyclic) bond motifs is 4. The Morgan fingerprint density at radius 1 is 1.12 bits per heavy atom. The fraction of sp³-hybridized carbons (Fsp3) is 0.348. The summed E-state index contributed by atoms with van der Waals surface area (Å²) in [5.41, 5.74) is 0.264. The van der Waals surface area contributed by atoms with Crippen molar-refractivity contribution in [1.29, 1.82) is 0 Å². The van der Waals surface area contributed by atoms with Gasteiger partial charge in [-0.2, -0.15) is 0 Å². The highest BCUT2D eigenvalue weighted by molar-refractivity contribution is 6.30. The number of carbonyl (C=O) groups is 3. The van der Waals surface area contributed by atoms with Crippen molar-refractivity contribution in [3.63, 3.8) is 0 Å². The van der Waals surface area contributed by atoms with Crippen molar-refractivity contribution in [3.8, 4) is 0 Å². The minimum atomic E-state index is -1.45. The van der Waals surface area contributed by atoms with E-state index in [0.29, 0.717) is 21.8 Å². The number of methoxy groups -OCH3 is 1. The third-order valence-electron chi connectivity index (χ3n) is 6.72. The van der Waals surface area contributed by atoms with Gasteiger partial charge in [-0.25, -0.2) is 0 Å². The SMILES string of the molecule is COCCN1C(=O)[C@@H]2[C@H]([C@H](O)c3ccc(Cl)cc3)N[C@@]3(C(=O)Nc4ccccc43)[C@@H]2C1=O. The number of benzene rings is 2. The summed E-state index contributed by atoms with van der Waals surface area (Å²) in [6.07, 6.45) is -1.14. The summed E-state index contributed by atoms with van der Waals surface area (Å²) in [5, 5.41) is 17.8. The average Bonchev–Trinajstić information content (AvgIpc) is 3.38. The van der Waals surface area contributed by atoms with Crippen molar-refractivity contribution >= 4 is 35.0 Å². The van der Waals surface area contributed by atoms with E-state index in [1.54, 1.807) is 48.5 Å². The number of nitrogens with one attached hydrogen (secondary N) is 2. The third-order valence-corrected chi connectivity index (χ3v) is 6.97. The molecule has 0 bridgehead atoms. The van der Waals surface area contributed by atoms with Crippen LogP contribution in [0.4, 0.5) is 5.69 Å². The molecule has 32 heavy (non-hydrogen) atoms. The average molecular weight is 456 g/mol. The first-order valence-electron chi connectivity index (χ1n) is 10.4. The number of hydrogen-bond donors (Lipinski definition) is 3. The van der Waals surface area contributed by atoms with Crippen LogP contribution in [0.25, 0.3) is 0 Å². The normalized spacial score (nSPS) is 29.4. The van der Waals surface area contributed by atoms with Crippen LogP contribution in [-0.2, 0) is 24.7 Å². The lowest BCUT2D eigenvalue weighted by molar-refractivity contribution is -0.143. The van der Waals surface area contributed by atoms with Crippen molar-refractivity contribution in [3.05, 3.63) is 64.7 Å². The molecule has 3 amide bonds. The monoisotopic (exact) mass is 455 g/mol. The molecule has 0 unspecified atom stereocenters. The van der Waals surface area contributed by atoms with E-state index in [0.717, 1.165) is 4.90 Å². The van der Waals surface area contributed by atoms with Crippen LogP contribution >= 0.6 is 11.6 Å². The van der Waals surface area contributed by atoms with Crippen LogP contribution in [0.3, 0.4) is 0 Å². The molecular weight excluding hydrogens is 434 g/mol. The van der Waals surface area contributed by atoms with Crippen LogP contribution in [0, 0.1) is 11.8 Å². The Morgan fingerprint density at radius 2 is 1.84 bits per heavy atom. The number of imide groups is 1. The maximum atomic E-state index is 13.5. The fourth-order valence-corrected chi connectivity index (χ4v) is 5.41. The fourth-order valence-electron chi connectivity index (χ4n) is 5.29. The van der Waals surface area contributed by atoms with Gasteiger partial charge in [0.05, 0.1) is 37.1 Å². The van der Waals surface area contributed by atoms with Gasteiger partial charge in [0.15, 0.2) is 0 Å². The van der Waals surface area contributed by atoms with Crippen molar-refractivity contribution in [2.24, 2.45) is 11.8 Å². The molecule has 9 heteroatoms. The number of rotatable bonds is 5. The highest BCUT2D eigenvalue weighted by Gasteiger charge is 2.71. The number of likely N-dealkylation sites (tertiary alicyclic amines) is 1. The van der Waals surface area contributed by atoms with Gasteiger partial charge in [0, 0.05) is 23.4 Å². The smallest absolute Gasteiger partial charge is 0.250 e. The Balaban J connectivity index is 1.63. The number of aliphatic hydroxyl groups is 1. The summed E-state index contributed by atoms with van der Waals surface area (Å²) in [4.78, 5) is 41.4. The Kier molecular flexibility index (Phi) is 5.05. The molecule has 3 heterocycles. The largest absolute Gasteiger partial charge is 0.387 e. The number of para-hydroxylation sites is 1. The van der Waals surface area contributed by atoms with Crippen molar-refractivity contribution in [2.45, 2.75) is 17.7 Å². The molecule has 1 spiro atoms. The Bertz CT molecular complexity index is 1110. The van der Waals surface area contributed by atoms with Gasteiger partial charge in [0.25, 0.3) is 0 Å². The number of ether oxygens (including phenoxy) is 1. The Morgan fingerprint density at radius 3 is 2.56 bits per heavy atom. The van der Waals surface area contributed by atoms with Crippen LogP contribution in [0.5, 0.6) is 0 Å². The van der Waals surface area contributed by atoms with E-state index in [-0.39, 0.29) is 13.2 Å². The third kappa shape index (κ3) is 2.84. The summed E-state index contributed by atoms with van der Waals surface area (Å²) in [6.45, 7) is 0.273. The highest BCUT2D eigenvalue weighted by atomic mass is 35.5. The quantitative estimate of drug-likeness (QED) is 0.589. The zero-order valence-electron chi connectivity index (χ0n) is 17.2. The minimum Gasteiger partial charge on any atom is -0.387 e. The molecule has 0 aliphatic carbocycles. The number of anilines is 1. The maximum Gasteiger partial charge on any atom is 0.250 e. The van der Waals surface area contributed by atoms with Gasteiger partial charge in [-0.3, -0.25) is 24.6 Å². The topological polar surface area (TPSA) is 108 Å². The van der Waals surface area contributed by atoms with Gasteiger partial charge in [-0.05, 0) is 23.8 Å². The van der Waals surface area contributed by atoms with E-state index in [9.17, 15) is 19.5 Å². The summed E-state index contributed by atoms with van der Waals surface area (Å²) < 4.78 is 5.07. The van der Waals surface area contributed by atoms with Gasteiger partial charge < -0.3 is 15.2 Å². The molecule has 2 fully saturated rings.